The van der Waals surface area contributed by atoms with Crippen LogP contribution in [-0.4, -0.2) is 24.6 Å². The van der Waals surface area contributed by atoms with Gasteiger partial charge in [-0.1, -0.05) is 27.7 Å². The number of rotatable bonds is 6. The lowest BCUT2D eigenvalue weighted by Crippen LogP contribution is -2.37. The summed E-state index contributed by atoms with van der Waals surface area (Å²) >= 11 is 0. The van der Waals surface area contributed by atoms with Gasteiger partial charge in [0.15, 0.2) is 6.10 Å². The molecule has 112 valence electrons. The van der Waals surface area contributed by atoms with Crippen molar-refractivity contribution in [3.63, 3.8) is 0 Å². The average molecular weight is 272 g/mol. The highest BCUT2D eigenvalue weighted by Crippen LogP contribution is 2.34. The van der Waals surface area contributed by atoms with Gasteiger partial charge >= 0.3 is 11.9 Å². The molecule has 0 fully saturated rings. The fraction of sp³-hybridized carbons (Fsp3) is 0.867. The first-order valence-electron chi connectivity index (χ1n) is 6.91. The van der Waals surface area contributed by atoms with Gasteiger partial charge < -0.3 is 9.47 Å². The van der Waals surface area contributed by atoms with E-state index in [1.54, 1.807) is 13.8 Å². The largest absolute Gasteiger partial charge is 0.463 e. The molecule has 19 heavy (non-hydrogen) atoms. The van der Waals surface area contributed by atoms with E-state index in [-0.39, 0.29) is 18.0 Å². The zero-order chi connectivity index (χ0) is 15.3. The van der Waals surface area contributed by atoms with E-state index in [4.69, 9.17) is 9.47 Å². The van der Waals surface area contributed by atoms with Crippen molar-refractivity contribution < 1.29 is 19.1 Å². The summed E-state index contributed by atoms with van der Waals surface area (Å²) in [6.45, 7) is 13.7. The van der Waals surface area contributed by atoms with Crippen molar-refractivity contribution in [2.24, 2.45) is 10.8 Å². The number of hydrogen-bond donors (Lipinski definition) is 0. The summed E-state index contributed by atoms with van der Waals surface area (Å²) in [5, 5.41) is 0. The molecule has 0 N–H and O–H groups in total. The average Bonchev–Trinajstić information content (AvgIpc) is 2.22. The van der Waals surface area contributed by atoms with E-state index < -0.39 is 17.5 Å². The van der Waals surface area contributed by atoms with E-state index in [9.17, 15) is 9.59 Å². The van der Waals surface area contributed by atoms with Gasteiger partial charge in [-0.2, -0.15) is 0 Å². The Labute approximate surface area is 116 Å². The van der Waals surface area contributed by atoms with Gasteiger partial charge in [0.1, 0.15) is 0 Å². The summed E-state index contributed by atoms with van der Waals surface area (Å²) in [4.78, 5) is 23.8. The molecule has 0 spiro atoms. The molecule has 0 saturated carbocycles. The molecule has 0 aliphatic heterocycles. The number of carbonyl (C=O) groups excluding carboxylic acids is 2. The Bertz CT molecular complexity index is 313. The van der Waals surface area contributed by atoms with Crippen molar-refractivity contribution in [3.8, 4) is 0 Å². The lowest BCUT2D eigenvalue weighted by molar-refractivity contribution is -0.174. The maximum Gasteiger partial charge on any atom is 0.347 e. The maximum absolute atomic E-state index is 12.2. The van der Waals surface area contributed by atoms with Crippen molar-refractivity contribution in [1.82, 2.24) is 0 Å². The Balaban J connectivity index is 4.69. The highest BCUT2D eigenvalue weighted by molar-refractivity contribution is 5.81. The number of carbonyl (C=O) groups is 2. The van der Waals surface area contributed by atoms with Gasteiger partial charge in [-0.25, -0.2) is 4.79 Å². The summed E-state index contributed by atoms with van der Waals surface area (Å²) in [7, 11) is 0. The molecule has 4 heteroatoms. The lowest BCUT2D eigenvalue weighted by Gasteiger charge is -2.31. The van der Waals surface area contributed by atoms with Crippen molar-refractivity contribution in [3.05, 3.63) is 0 Å². The standard InChI is InChI=1S/C15H28O4/c1-8-11(12(16)18-9-2)19-13(17)15(6,7)10-14(3,4)5/h11H,8-10H2,1-7H3. The third-order valence-electron chi connectivity index (χ3n) is 2.69. The minimum atomic E-state index is -0.799. The third kappa shape index (κ3) is 6.60. The van der Waals surface area contributed by atoms with Gasteiger partial charge in [0.2, 0.25) is 0 Å². The zero-order valence-corrected chi connectivity index (χ0v) is 13.3. The summed E-state index contributed by atoms with van der Waals surface area (Å²) in [6, 6.07) is 0. The van der Waals surface area contributed by atoms with Gasteiger partial charge in [0.25, 0.3) is 0 Å². The Kier molecular flexibility index (Phi) is 6.53. The van der Waals surface area contributed by atoms with Crippen molar-refractivity contribution in [1.29, 1.82) is 0 Å². The second-order valence-electron chi connectivity index (χ2n) is 6.68. The Morgan fingerprint density at radius 3 is 1.95 bits per heavy atom. The molecule has 1 atom stereocenters. The molecule has 0 aromatic rings. The van der Waals surface area contributed by atoms with Crippen LogP contribution >= 0.6 is 0 Å². The number of hydrogen-bond acceptors (Lipinski definition) is 4. The fourth-order valence-corrected chi connectivity index (χ4v) is 2.22. The van der Waals surface area contributed by atoms with Crippen LogP contribution in [0.3, 0.4) is 0 Å². The highest BCUT2D eigenvalue weighted by Gasteiger charge is 2.36. The van der Waals surface area contributed by atoms with Crippen LogP contribution in [0.2, 0.25) is 0 Å². The van der Waals surface area contributed by atoms with Crippen molar-refractivity contribution in [2.45, 2.75) is 67.4 Å². The molecule has 0 saturated heterocycles. The van der Waals surface area contributed by atoms with Crippen LogP contribution in [0.15, 0.2) is 0 Å². The monoisotopic (exact) mass is 272 g/mol. The molecule has 0 rings (SSSR count). The molecule has 0 amide bonds. The third-order valence-corrected chi connectivity index (χ3v) is 2.69. The minimum absolute atomic E-state index is 0.0220. The van der Waals surface area contributed by atoms with Crippen LogP contribution in [-0.2, 0) is 19.1 Å². The summed E-state index contributed by atoms with van der Waals surface area (Å²) in [5.74, 6) is -0.813. The molecule has 4 nitrogen and oxygen atoms in total. The SMILES string of the molecule is CCOC(=O)C(CC)OC(=O)C(C)(C)CC(C)(C)C. The van der Waals surface area contributed by atoms with Crippen LogP contribution < -0.4 is 0 Å². The van der Waals surface area contributed by atoms with Crippen molar-refractivity contribution in [2.75, 3.05) is 6.61 Å². The molecule has 0 aliphatic rings. The first kappa shape index (κ1) is 17.9. The zero-order valence-electron chi connectivity index (χ0n) is 13.3. The lowest BCUT2D eigenvalue weighted by atomic mass is 9.76. The summed E-state index contributed by atoms with van der Waals surface area (Å²) in [6.07, 6.45) is 0.320. The fourth-order valence-electron chi connectivity index (χ4n) is 2.22. The van der Waals surface area contributed by atoms with Crippen LogP contribution in [0.25, 0.3) is 0 Å². The predicted molar refractivity (Wildman–Crippen MR) is 74.7 cm³/mol. The molecular formula is C15H28O4. The second-order valence-corrected chi connectivity index (χ2v) is 6.68. The van der Waals surface area contributed by atoms with Crippen LogP contribution in [0.5, 0.6) is 0 Å². The topological polar surface area (TPSA) is 52.6 Å². The normalized spacial score (nSPS) is 13.8. The van der Waals surface area contributed by atoms with Gasteiger partial charge in [-0.3, -0.25) is 4.79 Å². The summed E-state index contributed by atoms with van der Waals surface area (Å²) < 4.78 is 10.2. The highest BCUT2D eigenvalue weighted by atomic mass is 16.6. The smallest absolute Gasteiger partial charge is 0.347 e. The van der Waals surface area contributed by atoms with Gasteiger partial charge in [-0.05, 0) is 39.0 Å². The second kappa shape index (κ2) is 6.92. The van der Waals surface area contributed by atoms with Gasteiger partial charge in [-0.15, -0.1) is 0 Å². The molecule has 0 heterocycles. The minimum Gasteiger partial charge on any atom is -0.463 e. The van der Waals surface area contributed by atoms with E-state index in [1.165, 1.54) is 0 Å². The first-order valence-corrected chi connectivity index (χ1v) is 6.91. The molecule has 0 aromatic carbocycles. The van der Waals surface area contributed by atoms with Crippen LogP contribution in [0.1, 0.15) is 61.3 Å². The van der Waals surface area contributed by atoms with E-state index in [0.717, 1.165) is 0 Å². The molecule has 0 aromatic heterocycles. The van der Waals surface area contributed by atoms with Crippen LogP contribution in [0, 0.1) is 10.8 Å². The molecule has 0 radical (unpaired) electrons. The van der Waals surface area contributed by atoms with E-state index >= 15 is 0 Å². The molecule has 0 bridgehead atoms. The van der Waals surface area contributed by atoms with Crippen molar-refractivity contribution >= 4 is 11.9 Å². The summed E-state index contributed by atoms with van der Waals surface area (Å²) in [5.41, 5.74) is -0.591. The number of esters is 2. The van der Waals surface area contributed by atoms with Crippen LogP contribution in [0.4, 0.5) is 0 Å². The first-order chi connectivity index (χ1) is 8.53. The Morgan fingerprint density at radius 1 is 1.05 bits per heavy atom. The van der Waals surface area contributed by atoms with E-state index in [1.807, 2.05) is 13.8 Å². The maximum atomic E-state index is 12.2. The van der Waals surface area contributed by atoms with Gasteiger partial charge in [0, 0.05) is 0 Å². The molecule has 0 aliphatic carbocycles. The number of ether oxygens (including phenoxy) is 2. The van der Waals surface area contributed by atoms with E-state index in [0.29, 0.717) is 12.8 Å². The predicted octanol–water partition coefficient (Wildman–Crippen LogP) is 3.33. The quantitative estimate of drug-likeness (QED) is 0.696. The van der Waals surface area contributed by atoms with Gasteiger partial charge in [0.05, 0.1) is 12.0 Å². The molecular weight excluding hydrogens is 244 g/mol. The Morgan fingerprint density at radius 2 is 1.58 bits per heavy atom. The Hall–Kier alpha value is -1.06. The van der Waals surface area contributed by atoms with E-state index in [2.05, 4.69) is 20.8 Å². The molecule has 1 unspecified atom stereocenters.